The summed E-state index contributed by atoms with van der Waals surface area (Å²) in [5.74, 6) is -4.40. The van der Waals surface area contributed by atoms with Gasteiger partial charge < -0.3 is 42.6 Å². The van der Waals surface area contributed by atoms with Crippen molar-refractivity contribution in [3.8, 4) is 0 Å². The molecular formula is C44H61N9O7S. The number of hydrogen-bond acceptors (Lipinski definition) is 9. The normalized spacial score (nSPS) is 25.5. The number of hydrogen-bond donors (Lipinski definition) is 8. The predicted molar refractivity (Wildman–Crippen MR) is 234 cm³/mol. The number of primary amides is 1. The number of rotatable bonds is 11. The van der Waals surface area contributed by atoms with Crippen LogP contribution in [0, 0.1) is 5.92 Å². The summed E-state index contributed by atoms with van der Waals surface area (Å²) in [4.78, 5) is 104. The van der Waals surface area contributed by atoms with Crippen LogP contribution in [-0.4, -0.2) is 111 Å². The molecule has 0 aliphatic carbocycles. The highest BCUT2D eigenvalue weighted by Gasteiger charge is 2.45. The third-order valence-corrected chi connectivity index (χ3v) is 12.3. The van der Waals surface area contributed by atoms with E-state index in [4.69, 9.17) is 5.73 Å². The van der Waals surface area contributed by atoms with E-state index in [1.54, 1.807) is 11.1 Å². The van der Waals surface area contributed by atoms with Gasteiger partial charge >= 0.3 is 0 Å². The smallest absolute Gasteiger partial charge is 0.243 e. The molecule has 9 N–H and O–H groups in total. The summed E-state index contributed by atoms with van der Waals surface area (Å²) in [5.41, 5.74) is 6.39. The van der Waals surface area contributed by atoms with Crippen LogP contribution in [0.1, 0.15) is 79.2 Å². The number of carbonyl (C=O) groups is 7. The van der Waals surface area contributed by atoms with Gasteiger partial charge in [-0.05, 0) is 83.2 Å². The molecule has 2 aromatic carbocycles. The molecule has 1 aromatic heterocycles. The number of carbonyl (C=O) groups excluding carboxylic acids is 7. The van der Waals surface area contributed by atoms with Crippen molar-refractivity contribution >= 4 is 64.0 Å². The van der Waals surface area contributed by atoms with Gasteiger partial charge in [-0.25, -0.2) is 0 Å². The quantitative estimate of drug-likeness (QED) is 0.132. The van der Waals surface area contributed by atoms with E-state index in [0.29, 0.717) is 31.4 Å². The molecular weight excluding hydrogens is 799 g/mol. The summed E-state index contributed by atoms with van der Waals surface area (Å²) in [7, 11) is 0. The molecule has 0 saturated carbocycles. The Balaban J connectivity index is 1.62. The van der Waals surface area contributed by atoms with Gasteiger partial charge in [-0.2, -0.15) is 0 Å². The number of nitrogens with two attached hydrogens (primary N) is 1. The zero-order valence-electron chi connectivity index (χ0n) is 35.8. The van der Waals surface area contributed by atoms with Gasteiger partial charge in [0.05, 0.1) is 12.1 Å². The topological polar surface area (TPSA) is 237 Å². The Hall–Kier alpha value is -5.42. The van der Waals surface area contributed by atoms with Crippen LogP contribution in [-0.2, 0) is 40.0 Å². The second-order valence-electron chi connectivity index (χ2n) is 17.1. The summed E-state index contributed by atoms with van der Waals surface area (Å²) < 4.78 is 0. The lowest BCUT2D eigenvalue weighted by atomic mass is 9.96. The lowest BCUT2D eigenvalue weighted by molar-refractivity contribution is -0.138. The van der Waals surface area contributed by atoms with Crippen LogP contribution in [0.25, 0.3) is 10.9 Å². The lowest BCUT2D eigenvalue weighted by Gasteiger charge is -2.39. The SMILES string of the molecule is CC[C@H](C)[C@@H]1NC(=O)[C@H]2CCCN2[C@@H](C(=O)NC(C)(C)C)[C@@H](CSc2ccccc2)NC(=O)[C@H](CCC(N)=O)NC(=O)[C@H](Cc2c[nH]c3ccccc23)NC(=O)[C@@H](C)NC1=O. The molecule has 3 aromatic rings. The van der Waals surface area contributed by atoms with E-state index in [9.17, 15) is 33.6 Å². The number of H-pyrrole nitrogens is 1. The molecule has 5 rings (SSSR count). The fraction of sp³-hybridized carbons (Fsp3) is 0.523. The fourth-order valence-corrected chi connectivity index (χ4v) is 8.77. The van der Waals surface area contributed by atoms with Gasteiger partial charge in [-0.15, -0.1) is 11.8 Å². The molecule has 3 heterocycles. The first-order valence-corrected chi connectivity index (χ1v) is 22.0. The Kier molecular flexibility index (Phi) is 16.0. The molecule has 2 aliphatic rings. The van der Waals surface area contributed by atoms with Gasteiger partial charge in [0.15, 0.2) is 0 Å². The summed E-state index contributed by atoms with van der Waals surface area (Å²) in [6.07, 6.45) is 2.75. The van der Waals surface area contributed by atoms with Gasteiger partial charge in [0.1, 0.15) is 30.2 Å². The zero-order chi connectivity index (χ0) is 44.4. The van der Waals surface area contributed by atoms with Crippen LogP contribution in [0.4, 0.5) is 0 Å². The van der Waals surface area contributed by atoms with Gasteiger partial charge in [0.25, 0.3) is 0 Å². The third-order valence-electron chi connectivity index (χ3n) is 11.2. The van der Waals surface area contributed by atoms with Crippen molar-refractivity contribution in [2.75, 3.05) is 12.3 Å². The molecule has 330 valence electrons. The van der Waals surface area contributed by atoms with Crippen molar-refractivity contribution < 1.29 is 33.6 Å². The van der Waals surface area contributed by atoms with E-state index in [0.717, 1.165) is 15.8 Å². The van der Waals surface area contributed by atoms with Crippen molar-refractivity contribution in [1.29, 1.82) is 0 Å². The number of nitrogens with zero attached hydrogens (tertiary/aromatic N) is 1. The second-order valence-corrected chi connectivity index (χ2v) is 18.2. The minimum absolute atomic E-state index is 0.000297. The molecule has 61 heavy (non-hydrogen) atoms. The average Bonchev–Trinajstić information content (AvgIpc) is 3.86. The van der Waals surface area contributed by atoms with Crippen LogP contribution in [0.15, 0.2) is 65.7 Å². The molecule has 0 unspecified atom stereocenters. The highest BCUT2D eigenvalue weighted by molar-refractivity contribution is 7.99. The second kappa shape index (κ2) is 20.9. The maximum absolute atomic E-state index is 14.6. The summed E-state index contributed by atoms with van der Waals surface area (Å²) in [6, 6.07) is 9.26. The van der Waals surface area contributed by atoms with Gasteiger partial charge in [0.2, 0.25) is 41.4 Å². The average molecular weight is 860 g/mol. The van der Waals surface area contributed by atoms with Gasteiger partial charge in [0, 0.05) is 46.1 Å². The largest absolute Gasteiger partial charge is 0.370 e. The number of para-hydroxylation sites is 1. The molecule has 2 fully saturated rings. The maximum atomic E-state index is 14.6. The highest BCUT2D eigenvalue weighted by Crippen LogP contribution is 2.28. The van der Waals surface area contributed by atoms with Gasteiger partial charge in [-0.1, -0.05) is 56.7 Å². The first-order chi connectivity index (χ1) is 28.9. The van der Waals surface area contributed by atoms with Crippen LogP contribution < -0.4 is 37.6 Å². The van der Waals surface area contributed by atoms with Gasteiger partial charge in [-0.3, -0.25) is 38.5 Å². The summed E-state index contributed by atoms with van der Waals surface area (Å²) in [5, 5.41) is 18.2. The van der Waals surface area contributed by atoms with Crippen molar-refractivity contribution in [2.45, 2.75) is 133 Å². The predicted octanol–water partition coefficient (Wildman–Crippen LogP) is 2.02. The highest BCUT2D eigenvalue weighted by atomic mass is 32.2. The molecule has 0 bridgehead atoms. The van der Waals surface area contributed by atoms with Crippen LogP contribution >= 0.6 is 11.8 Å². The molecule has 8 atom stereocenters. The van der Waals surface area contributed by atoms with E-state index in [1.807, 2.05) is 89.2 Å². The van der Waals surface area contributed by atoms with Crippen molar-refractivity contribution in [2.24, 2.45) is 11.7 Å². The standard InChI is InChI=1S/C44H61N9O7S/c1-7-25(2)36-42(59)47-26(3)38(55)49-32(22-27-23-46-30-17-12-11-16-29(27)30)40(57)48-31(19-20-35(45)54)39(56)50-33(24-61-28-14-9-8-10-15-28)37(43(60)52-44(4,5)6)53-21-13-18-34(53)41(58)51-36/h8-12,14-17,23,25-26,31-34,36-37,46H,7,13,18-22,24H2,1-6H3,(H2,45,54)(H,47,59)(H,48,57)(H,49,55)(H,50,56)(H,51,58)(H,52,60)/t25-,26+,31-,32-,33+,34+,36-,37+/m0/s1. The van der Waals surface area contributed by atoms with Crippen LogP contribution in [0.5, 0.6) is 0 Å². The Morgan fingerprint density at radius 1 is 0.869 bits per heavy atom. The van der Waals surface area contributed by atoms with E-state index >= 15 is 0 Å². The number of aromatic nitrogens is 1. The molecule has 0 spiro atoms. The first-order valence-electron chi connectivity index (χ1n) is 21.1. The van der Waals surface area contributed by atoms with Crippen molar-refractivity contribution in [3.05, 3.63) is 66.4 Å². The van der Waals surface area contributed by atoms with Crippen molar-refractivity contribution in [3.63, 3.8) is 0 Å². The number of thioether (sulfide) groups is 1. The number of benzene rings is 2. The van der Waals surface area contributed by atoms with E-state index in [1.165, 1.54) is 18.7 Å². The number of fused-ring (bicyclic) bond motifs is 2. The Labute approximate surface area is 361 Å². The number of nitrogens with one attached hydrogen (secondary N) is 7. The van der Waals surface area contributed by atoms with Crippen LogP contribution in [0.3, 0.4) is 0 Å². The van der Waals surface area contributed by atoms with Crippen LogP contribution in [0.2, 0.25) is 0 Å². The molecule has 7 amide bonds. The Morgan fingerprint density at radius 2 is 1.54 bits per heavy atom. The monoisotopic (exact) mass is 859 g/mol. The Morgan fingerprint density at radius 3 is 2.23 bits per heavy atom. The molecule has 16 nitrogen and oxygen atoms in total. The summed E-state index contributed by atoms with van der Waals surface area (Å²) in [6.45, 7) is 11.0. The molecule has 0 radical (unpaired) electrons. The number of aromatic amines is 1. The van der Waals surface area contributed by atoms with Crippen molar-refractivity contribution in [1.82, 2.24) is 41.8 Å². The van der Waals surface area contributed by atoms with E-state index < -0.39 is 89.2 Å². The zero-order valence-corrected chi connectivity index (χ0v) is 36.7. The maximum Gasteiger partial charge on any atom is 0.243 e. The van der Waals surface area contributed by atoms with E-state index in [2.05, 4.69) is 36.9 Å². The minimum Gasteiger partial charge on any atom is -0.370 e. The lowest BCUT2D eigenvalue weighted by Crippen LogP contribution is -2.66. The molecule has 17 heteroatoms. The summed E-state index contributed by atoms with van der Waals surface area (Å²) >= 11 is 1.40. The molecule has 2 saturated heterocycles. The minimum atomic E-state index is -1.33. The molecule has 2 aliphatic heterocycles. The van der Waals surface area contributed by atoms with E-state index in [-0.39, 0.29) is 30.9 Å². The first kappa shape index (κ1) is 46.6. The fourth-order valence-electron chi connectivity index (χ4n) is 7.78. The third kappa shape index (κ3) is 12.6. The Bertz CT molecular complexity index is 2050. The number of amides is 7.